The Labute approximate surface area is 165 Å². The first-order valence-corrected chi connectivity index (χ1v) is 9.64. The number of fused-ring (bicyclic) bond motifs is 1. The summed E-state index contributed by atoms with van der Waals surface area (Å²) in [6, 6.07) is 13.0. The molecule has 0 unspecified atom stereocenters. The van der Waals surface area contributed by atoms with Gasteiger partial charge in [0, 0.05) is 31.0 Å². The highest BCUT2D eigenvalue weighted by atomic mass is 15.3. The molecule has 0 fully saturated rings. The summed E-state index contributed by atoms with van der Waals surface area (Å²) in [5, 5.41) is 10.0. The molecule has 0 radical (unpaired) electrons. The molecule has 0 bridgehead atoms. The number of aromatic nitrogens is 4. The van der Waals surface area contributed by atoms with E-state index in [1.807, 2.05) is 18.3 Å². The maximum atomic E-state index is 4.58. The van der Waals surface area contributed by atoms with E-state index in [0.29, 0.717) is 24.4 Å². The molecule has 4 rings (SSSR count). The minimum absolute atomic E-state index is 0.233. The lowest BCUT2D eigenvalue weighted by Gasteiger charge is -2.15. The smallest absolute Gasteiger partial charge is 0.229 e. The number of hydrogen-bond acceptors (Lipinski definition) is 7. The first-order valence-electron chi connectivity index (χ1n) is 9.64. The van der Waals surface area contributed by atoms with E-state index in [9.17, 15) is 0 Å². The maximum Gasteiger partial charge on any atom is 0.229 e. The van der Waals surface area contributed by atoms with Crippen LogP contribution in [0.3, 0.4) is 0 Å². The van der Waals surface area contributed by atoms with E-state index < -0.39 is 0 Å². The molecule has 0 amide bonds. The largest absolute Gasteiger partial charge is 0.352 e. The molecule has 7 nitrogen and oxygen atoms in total. The van der Waals surface area contributed by atoms with E-state index in [4.69, 9.17) is 0 Å². The fourth-order valence-corrected chi connectivity index (χ4v) is 3.37. The van der Waals surface area contributed by atoms with E-state index in [1.54, 1.807) is 6.20 Å². The Balaban J connectivity index is 1.49. The van der Waals surface area contributed by atoms with Crippen molar-refractivity contribution in [2.45, 2.75) is 45.3 Å². The van der Waals surface area contributed by atoms with Gasteiger partial charge >= 0.3 is 0 Å². The fourth-order valence-electron chi connectivity index (χ4n) is 3.37. The number of pyridine rings is 1. The monoisotopic (exact) mass is 375 g/mol. The van der Waals surface area contributed by atoms with Crippen LogP contribution in [0.5, 0.6) is 0 Å². The highest BCUT2D eigenvalue weighted by Gasteiger charge is 2.22. The zero-order valence-electron chi connectivity index (χ0n) is 16.2. The number of benzene rings is 1. The minimum Gasteiger partial charge on any atom is -0.352 e. The van der Waals surface area contributed by atoms with Gasteiger partial charge in [-0.25, -0.2) is 0 Å². The van der Waals surface area contributed by atoms with Crippen LogP contribution < -0.4 is 16.0 Å². The summed E-state index contributed by atoms with van der Waals surface area (Å²) in [4.78, 5) is 17.8. The average molecular weight is 375 g/mol. The van der Waals surface area contributed by atoms with Gasteiger partial charge in [0.05, 0.1) is 0 Å². The van der Waals surface area contributed by atoms with E-state index in [0.717, 1.165) is 18.4 Å². The number of nitrogens with one attached hydrogen (secondary N) is 3. The molecule has 0 saturated heterocycles. The number of hydrogen-bond donors (Lipinski definition) is 3. The maximum absolute atomic E-state index is 4.58. The predicted octanol–water partition coefficient (Wildman–Crippen LogP) is 3.28. The van der Waals surface area contributed by atoms with Crippen LogP contribution in [0.25, 0.3) is 0 Å². The molecule has 1 aliphatic carbocycles. The number of anilines is 3. The normalized spacial score (nSPS) is 13.4. The Morgan fingerprint density at radius 3 is 2.32 bits per heavy atom. The Kier molecular flexibility index (Phi) is 5.32. The Hall–Kier alpha value is -3.22. The average Bonchev–Trinajstić information content (AvgIpc) is 3.09. The van der Waals surface area contributed by atoms with Crippen LogP contribution >= 0.6 is 0 Å². The van der Waals surface area contributed by atoms with Gasteiger partial charge < -0.3 is 16.0 Å². The van der Waals surface area contributed by atoms with E-state index in [2.05, 4.69) is 74.0 Å². The quantitative estimate of drug-likeness (QED) is 0.584. The fraction of sp³-hybridized carbons (Fsp3) is 0.333. The molecule has 28 heavy (non-hydrogen) atoms. The third kappa shape index (κ3) is 4.54. The second-order valence-corrected chi connectivity index (χ2v) is 7.34. The van der Waals surface area contributed by atoms with Crippen molar-refractivity contribution in [2.24, 2.45) is 0 Å². The first-order chi connectivity index (χ1) is 13.7. The first kappa shape index (κ1) is 18.2. The van der Waals surface area contributed by atoms with Crippen molar-refractivity contribution in [1.82, 2.24) is 19.9 Å². The number of nitrogens with zero attached hydrogens (tertiary/aromatic N) is 4. The van der Waals surface area contributed by atoms with Gasteiger partial charge in [0.15, 0.2) is 0 Å². The van der Waals surface area contributed by atoms with Crippen molar-refractivity contribution >= 4 is 17.8 Å². The van der Waals surface area contributed by atoms with Gasteiger partial charge in [0.2, 0.25) is 17.8 Å². The summed E-state index contributed by atoms with van der Waals surface area (Å²) in [6.45, 7) is 4.73. The van der Waals surface area contributed by atoms with Gasteiger partial charge in [-0.3, -0.25) is 4.98 Å². The van der Waals surface area contributed by atoms with E-state index in [-0.39, 0.29) is 12.1 Å². The van der Waals surface area contributed by atoms with Crippen molar-refractivity contribution in [3.8, 4) is 0 Å². The molecule has 144 valence electrons. The van der Waals surface area contributed by atoms with Crippen LogP contribution in [0.2, 0.25) is 0 Å². The predicted molar refractivity (Wildman–Crippen MR) is 111 cm³/mol. The van der Waals surface area contributed by atoms with Gasteiger partial charge in [-0.1, -0.05) is 30.3 Å². The van der Waals surface area contributed by atoms with Crippen LogP contribution in [0.15, 0.2) is 48.8 Å². The standard InChI is InChI=1S/C21H25N7/c1-14(2)24-20-26-19(23-13-15-6-5-9-22-12-15)27-21(28-20)25-18-10-16-7-3-4-8-17(16)11-18/h3-9,12,14,18H,10-11,13H2,1-2H3,(H3,23,24,25,26,27,28). The summed E-state index contributed by atoms with van der Waals surface area (Å²) >= 11 is 0. The summed E-state index contributed by atoms with van der Waals surface area (Å²) in [6.07, 6.45) is 5.55. The molecular weight excluding hydrogens is 350 g/mol. The molecule has 2 aromatic heterocycles. The molecule has 2 heterocycles. The van der Waals surface area contributed by atoms with Crippen molar-refractivity contribution in [1.29, 1.82) is 0 Å². The topological polar surface area (TPSA) is 87.7 Å². The summed E-state index contributed by atoms with van der Waals surface area (Å²) in [7, 11) is 0. The van der Waals surface area contributed by atoms with Crippen molar-refractivity contribution in [2.75, 3.05) is 16.0 Å². The molecule has 0 saturated carbocycles. The molecule has 3 N–H and O–H groups in total. The molecular formula is C21H25N7. The molecule has 0 atom stereocenters. The second-order valence-electron chi connectivity index (χ2n) is 7.34. The lowest BCUT2D eigenvalue weighted by atomic mass is 10.1. The molecule has 3 aromatic rings. The van der Waals surface area contributed by atoms with Gasteiger partial charge in [-0.05, 0) is 49.4 Å². The molecule has 0 spiro atoms. The summed E-state index contributed by atoms with van der Waals surface area (Å²) < 4.78 is 0. The van der Waals surface area contributed by atoms with Gasteiger partial charge in [0.1, 0.15) is 0 Å². The van der Waals surface area contributed by atoms with Gasteiger partial charge in [-0.15, -0.1) is 0 Å². The third-order valence-corrected chi connectivity index (χ3v) is 4.61. The van der Waals surface area contributed by atoms with Crippen LogP contribution in [0.1, 0.15) is 30.5 Å². The van der Waals surface area contributed by atoms with Gasteiger partial charge in [-0.2, -0.15) is 15.0 Å². The summed E-state index contributed by atoms with van der Waals surface area (Å²) in [5.74, 6) is 1.70. The molecule has 7 heteroatoms. The molecule has 1 aliphatic rings. The molecule has 0 aliphatic heterocycles. The van der Waals surface area contributed by atoms with E-state index >= 15 is 0 Å². The lowest BCUT2D eigenvalue weighted by molar-refractivity contribution is 0.758. The highest BCUT2D eigenvalue weighted by Crippen LogP contribution is 2.24. The van der Waals surface area contributed by atoms with Crippen LogP contribution in [-0.4, -0.2) is 32.0 Å². The van der Waals surface area contributed by atoms with Crippen molar-refractivity contribution in [3.05, 3.63) is 65.5 Å². The lowest BCUT2D eigenvalue weighted by Crippen LogP contribution is -2.23. The second kappa shape index (κ2) is 8.21. The van der Waals surface area contributed by atoms with Crippen molar-refractivity contribution in [3.63, 3.8) is 0 Å². The van der Waals surface area contributed by atoms with Crippen LogP contribution in [-0.2, 0) is 19.4 Å². The zero-order chi connectivity index (χ0) is 19.3. The summed E-state index contributed by atoms with van der Waals surface area (Å²) in [5.41, 5.74) is 3.86. The zero-order valence-corrected chi connectivity index (χ0v) is 16.2. The highest BCUT2D eigenvalue weighted by molar-refractivity contribution is 5.45. The molecule has 1 aromatic carbocycles. The Morgan fingerprint density at radius 2 is 1.64 bits per heavy atom. The third-order valence-electron chi connectivity index (χ3n) is 4.61. The Bertz CT molecular complexity index is 902. The minimum atomic E-state index is 0.233. The Morgan fingerprint density at radius 1 is 0.929 bits per heavy atom. The number of rotatable bonds is 7. The van der Waals surface area contributed by atoms with E-state index in [1.165, 1.54) is 11.1 Å². The SMILES string of the molecule is CC(C)Nc1nc(NCc2cccnc2)nc(NC2Cc3ccccc3C2)n1. The van der Waals surface area contributed by atoms with Crippen molar-refractivity contribution < 1.29 is 0 Å². The van der Waals surface area contributed by atoms with Gasteiger partial charge in [0.25, 0.3) is 0 Å². The van der Waals surface area contributed by atoms with Crippen LogP contribution in [0, 0.1) is 0 Å². The van der Waals surface area contributed by atoms with Crippen LogP contribution in [0.4, 0.5) is 17.8 Å².